The van der Waals surface area contributed by atoms with Crippen molar-refractivity contribution in [1.29, 1.82) is 0 Å². The van der Waals surface area contributed by atoms with E-state index in [1.807, 2.05) is 54.8 Å². The van der Waals surface area contributed by atoms with Crippen LogP contribution in [-0.2, 0) is 23.0 Å². The second-order valence-corrected chi connectivity index (χ2v) is 11.4. The number of aromatic nitrogens is 1. The Labute approximate surface area is 206 Å². The van der Waals surface area contributed by atoms with Crippen molar-refractivity contribution in [3.05, 3.63) is 87.2 Å². The maximum absolute atomic E-state index is 13.2. The molecule has 174 valence electrons. The number of para-hydroxylation sites is 1. The molecular weight excluding hydrogens is 490 g/mol. The minimum absolute atomic E-state index is 0.150. The van der Waals surface area contributed by atoms with Crippen LogP contribution in [0.3, 0.4) is 0 Å². The van der Waals surface area contributed by atoms with Gasteiger partial charge in [0.2, 0.25) is 0 Å². The number of sulfonamides is 1. The third-order valence-corrected chi connectivity index (χ3v) is 9.05. The number of benzene rings is 3. The fourth-order valence-corrected chi connectivity index (χ4v) is 7.41. The molecule has 5 rings (SSSR count). The largest absolute Gasteiger partial charge is 0.316 e. The predicted octanol–water partition coefficient (Wildman–Crippen LogP) is 5.18. The molecule has 0 fully saturated rings. The van der Waals surface area contributed by atoms with Crippen LogP contribution in [0.15, 0.2) is 70.6 Å². The molecule has 0 spiro atoms. The summed E-state index contributed by atoms with van der Waals surface area (Å²) in [6, 6.07) is 17.3. The van der Waals surface area contributed by atoms with Crippen LogP contribution in [0.4, 0.5) is 5.69 Å². The van der Waals surface area contributed by atoms with Crippen LogP contribution in [0.5, 0.6) is 0 Å². The van der Waals surface area contributed by atoms with Crippen molar-refractivity contribution in [3.8, 4) is 0 Å². The number of hydrogen-bond donors (Lipinski definition) is 0. The second-order valence-electron chi connectivity index (χ2n) is 8.10. The summed E-state index contributed by atoms with van der Waals surface area (Å²) in [4.78, 5) is 18.0. The van der Waals surface area contributed by atoms with Gasteiger partial charge in [0.15, 0.2) is 4.80 Å². The molecule has 1 amide bonds. The van der Waals surface area contributed by atoms with E-state index in [0.29, 0.717) is 40.6 Å². The van der Waals surface area contributed by atoms with E-state index in [-0.39, 0.29) is 4.90 Å². The number of carbonyl (C=O) groups is 1. The number of hydrogen-bond acceptors (Lipinski definition) is 4. The Bertz CT molecular complexity index is 1600. The van der Waals surface area contributed by atoms with Crippen molar-refractivity contribution in [2.45, 2.75) is 31.7 Å². The molecule has 2 heterocycles. The Morgan fingerprint density at radius 3 is 2.59 bits per heavy atom. The number of thiazole rings is 1. The first kappa shape index (κ1) is 22.8. The summed E-state index contributed by atoms with van der Waals surface area (Å²) >= 11 is 7.61. The summed E-state index contributed by atoms with van der Waals surface area (Å²) in [5, 5.41) is 0.643. The van der Waals surface area contributed by atoms with Crippen LogP contribution in [0, 0.1) is 6.92 Å². The molecule has 0 unspecified atom stereocenters. The maximum Gasteiger partial charge on any atom is 0.279 e. The molecule has 0 radical (unpaired) electrons. The van der Waals surface area contributed by atoms with Gasteiger partial charge in [-0.2, -0.15) is 4.99 Å². The van der Waals surface area contributed by atoms with Crippen LogP contribution in [-0.4, -0.2) is 25.4 Å². The van der Waals surface area contributed by atoms with Crippen LogP contribution >= 0.6 is 22.9 Å². The van der Waals surface area contributed by atoms with E-state index in [0.717, 1.165) is 21.3 Å². The minimum Gasteiger partial charge on any atom is -0.316 e. The Balaban J connectivity index is 1.47. The van der Waals surface area contributed by atoms with Gasteiger partial charge in [0.25, 0.3) is 15.9 Å². The van der Waals surface area contributed by atoms with Gasteiger partial charge >= 0.3 is 0 Å². The van der Waals surface area contributed by atoms with Gasteiger partial charge in [-0.1, -0.05) is 41.1 Å². The average Bonchev–Trinajstić information content (AvgIpc) is 3.40. The smallest absolute Gasteiger partial charge is 0.279 e. The third-order valence-electron chi connectivity index (χ3n) is 5.98. The van der Waals surface area contributed by atoms with Crippen molar-refractivity contribution in [1.82, 2.24) is 4.57 Å². The first-order valence-corrected chi connectivity index (χ1v) is 13.5. The molecule has 0 N–H and O–H groups in total. The topological polar surface area (TPSA) is 71.7 Å². The van der Waals surface area contributed by atoms with Crippen LogP contribution in [0.2, 0.25) is 5.02 Å². The number of fused-ring (bicyclic) bond motifs is 2. The maximum atomic E-state index is 13.2. The Hall–Kier alpha value is -2.94. The van der Waals surface area contributed by atoms with Crippen molar-refractivity contribution in [3.63, 3.8) is 0 Å². The van der Waals surface area contributed by atoms with Gasteiger partial charge in [0.05, 0.1) is 20.8 Å². The lowest BCUT2D eigenvalue weighted by Gasteiger charge is -2.19. The quantitative estimate of drug-likeness (QED) is 0.379. The number of halogens is 1. The zero-order valence-corrected chi connectivity index (χ0v) is 21.0. The summed E-state index contributed by atoms with van der Waals surface area (Å²) in [5.74, 6) is -0.423. The SMILES string of the molecule is CCn1c(=NC(=O)c2ccc(S(=O)(=O)N3CCc4ccccc43)cc2)sc2cc(Cl)cc(C)c21. The molecule has 34 heavy (non-hydrogen) atoms. The molecule has 0 bridgehead atoms. The fraction of sp³-hybridized carbons (Fsp3) is 0.200. The summed E-state index contributed by atoms with van der Waals surface area (Å²) in [6.45, 7) is 5.05. The van der Waals surface area contributed by atoms with E-state index in [9.17, 15) is 13.2 Å². The van der Waals surface area contributed by atoms with Crippen molar-refractivity contribution < 1.29 is 13.2 Å². The summed E-state index contributed by atoms with van der Waals surface area (Å²) in [7, 11) is -3.71. The number of rotatable bonds is 4. The zero-order chi connectivity index (χ0) is 24.0. The third kappa shape index (κ3) is 3.85. The lowest BCUT2D eigenvalue weighted by molar-refractivity contribution is 0.0997. The molecule has 4 aromatic rings. The lowest BCUT2D eigenvalue weighted by Crippen LogP contribution is -2.29. The first-order valence-electron chi connectivity index (χ1n) is 10.9. The van der Waals surface area contributed by atoms with Gasteiger partial charge in [-0.05, 0) is 73.9 Å². The number of anilines is 1. The highest BCUT2D eigenvalue weighted by Crippen LogP contribution is 2.32. The molecule has 6 nitrogen and oxygen atoms in total. The summed E-state index contributed by atoms with van der Waals surface area (Å²) in [5.41, 5.74) is 4.08. The van der Waals surface area contributed by atoms with Crippen LogP contribution in [0.1, 0.15) is 28.4 Å². The molecule has 9 heteroatoms. The second kappa shape index (κ2) is 8.69. The number of amides is 1. The van der Waals surface area contributed by atoms with Crippen molar-refractivity contribution in [2.24, 2.45) is 4.99 Å². The molecule has 0 saturated heterocycles. The molecule has 0 atom stereocenters. The van der Waals surface area contributed by atoms with Crippen molar-refractivity contribution in [2.75, 3.05) is 10.8 Å². The summed E-state index contributed by atoms with van der Waals surface area (Å²) < 4.78 is 30.8. The van der Waals surface area contributed by atoms with E-state index < -0.39 is 15.9 Å². The lowest BCUT2D eigenvalue weighted by atomic mass is 10.2. The first-order chi connectivity index (χ1) is 16.3. The number of aryl methyl sites for hydroxylation is 2. The number of nitrogens with zero attached hydrogens (tertiary/aromatic N) is 3. The van der Waals surface area contributed by atoms with E-state index in [2.05, 4.69) is 4.99 Å². The molecule has 1 aliphatic heterocycles. The van der Waals surface area contributed by atoms with Gasteiger partial charge in [-0.3, -0.25) is 9.10 Å². The van der Waals surface area contributed by atoms with Gasteiger partial charge in [0, 0.05) is 23.7 Å². The van der Waals surface area contributed by atoms with Gasteiger partial charge in [-0.25, -0.2) is 8.42 Å². The molecule has 0 aliphatic carbocycles. The highest BCUT2D eigenvalue weighted by atomic mass is 35.5. The highest BCUT2D eigenvalue weighted by Gasteiger charge is 2.30. The number of carbonyl (C=O) groups excluding carboxylic acids is 1. The van der Waals surface area contributed by atoms with Gasteiger partial charge < -0.3 is 4.57 Å². The van der Waals surface area contributed by atoms with Crippen LogP contribution < -0.4 is 9.11 Å². The molecule has 0 saturated carbocycles. The molecular formula is C25H22ClN3O3S2. The van der Waals surface area contributed by atoms with Crippen molar-refractivity contribution >= 4 is 54.8 Å². The van der Waals surface area contributed by atoms with E-state index >= 15 is 0 Å². The molecule has 3 aromatic carbocycles. The molecule has 1 aromatic heterocycles. The van der Waals surface area contributed by atoms with E-state index in [1.54, 1.807) is 0 Å². The summed E-state index contributed by atoms with van der Waals surface area (Å²) in [6.07, 6.45) is 0.683. The van der Waals surface area contributed by atoms with Gasteiger partial charge in [-0.15, -0.1) is 0 Å². The molecule has 1 aliphatic rings. The predicted molar refractivity (Wildman–Crippen MR) is 136 cm³/mol. The average molecular weight is 512 g/mol. The minimum atomic E-state index is -3.71. The fourth-order valence-electron chi connectivity index (χ4n) is 4.36. The Morgan fingerprint density at radius 2 is 1.85 bits per heavy atom. The Kier molecular flexibility index (Phi) is 5.83. The van der Waals surface area contributed by atoms with Crippen LogP contribution in [0.25, 0.3) is 10.2 Å². The monoisotopic (exact) mass is 511 g/mol. The van der Waals surface area contributed by atoms with Gasteiger partial charge in [0.1, 0.15) is 0 Å². The standard InChI is InChI=1S/C25H22ClN3O3S2/c1-3-28-23-16(2)14-19(26)15-22(23)33-25(28)27-24(30)18-8-10-20(11-9-18)34(31,32)29-13-12-17-6-4-5-7-21(17)29/h4-11,14-15H,3,12-13H2,1-2H3. The van der Waals surface area contributed by atoms with E-state index in [1.165, 1.54) is 39.9 Å². The Morgan fingerprint density at radius 1 is 1.12 bits per heavy atom. The zero-order valence-electron chi connectivity index (χ0n) is 18.7. The van der Waals surface area contributed by atoms with E-state index in [4.69, 9.17) is 11.6 Å². The highest BCUT2D eigenvalue weighted by molar-refractivity contribution is 7.92. The normalized spacial score (nSPS) is 14.1.